The first-order valence-corrected chi connectivity index (χ1v) is 6.37. The standard InChI is InChI=1S/C15H13NO3/c1-16-11-5-3-2-4-9(11)15(17)10-6-13-14(7-12(10)16)19-8-18-13/h3,5-7H,2,4,8H2,1H3. The quantitative estimate of drug-likeness (QED) is 0.724. The van der Waals surface area contributed by atoms with E-state index >= 15 is 0 Å². The van der Waals surface area contributed by atoms with E-state index in [0.29, 0.717) is 16.9 Å². The minimum absolute atomic E-state index is 0.116. The fourth-order valence-electron chi connectivity index (χ4n) is 2.88. The molecule has 0 saturated heterocycles. The second-order valence-corrected chi connectivity index (χ2v) is 4.92. The summed E-state index contributed by atoms with van der Waals surface area (Å²) in [4.78, 5) is 12.6. The summed E-state index contributed by atoms with van der Waals surface area (Å²) < 4.78 is 12.8. The molecule has 0 saturated carbocycles. The lowest BCUT2D eigenvalue weighted by Gasteiger charge is -2.17. The number of pyridine rings is 1. The van der Waals surface area contributed by atoms with Crippen LogP contribution in [0.15, 0.2) is 23.0 Å². The first-order valence-electron chi connectivity index (χ1n) is 6.37. The molecule has 0 N–H and O–H groups in total. The molecule has 2 aliphatic rings. The first-order chi connectivity index (χ1) is 9.25. The Kier molecular flexibility index (Phi) is 2.04. The SMILES string of the molecule is Cn1c2c(c(=O)c3cc4c(cc31)OCO4)CCC=C2. The molecule has 4 heteroatoms. The molecule has 4 rings (SSSR count). The van der Waals surface area contributed by atoms with Crippen LogP contribution in [0.25, 0.3) is 17.0 Å². The Labute approximate surface area is 109 Å². The van der Waals surface area contributed by atoms with Gasteiger partial charge in [-0.25, -0.2) is 0 Å². The molecule has 0 radical (unpaired) electrons. The molecule has 96 valence electrons. The van der Waals surface area contributed by atoms with Crippen molar-refractivity contribution in [2.75, 3.05) is 6.79 Å². The third kappa shape index (κ3) is 1.37. The van der Waals surface area contributed by atoms with Crippen molar-refractivity contribution in [2.24, 2.45) is 7.05 Å². The molecule has 0 atom stereocenters. The van der Waals surface area contributed by atoms with E-state index in [0.717, 1.165) is 29.6 Å². The van der Waals surface area contributed by atoms with Crippen molar-refractivity contribution in [3.8, 4) is 11.5 Å². The van der Waals surface area contributed by atoms with Crippen LogP contribution in [0, 0.1) is 0 Å². The van der Waals surface area contributed by atoms with Gasteiger partial charge in [-0.15, -0.1) is 0 Å². The highest BCUT2D eigenvalue weighted by atomic mass is 16.7. The number of aromatic nitrogens is 1. The molecule has 1 aliphatic heterocycles. The van der Waals surface area contributed by atoms with Crippen LogP contribution in [0.4, 0.5) is 0 Å². The molecular formula is C15H13NO3. The van der Waals surface area contributed by atoms with E-state index < -0.39 is 0 Å². The predicted octanol–water partition coefficient (Wildman–Crippen LogP) is 2.23. The molecule has 2 heterocycles. The summed E-state index contributed by atoms with van der Waals surface area (Å²) in [5.41, 5.74) is 2.91. The Morgan fingerprint density at radius 3 is 2.84 bits per heavy atom. The lowest BCUT2D eigenvalue weighted by Crippen LogP contribution is -2.18. The summed E-state index contributed by atoms with van der Waals surface area (Å²) in [7, 11) is 1.98. The molecule has 1 aliphatic carbocycles. The lowest BCUT2D eigenvalue weighted by atomic mass is 9.98. The van der Waals surface area contributed by atoms with Gasteiger partial charge >= 0.3 is 0 Å². The molecule has 0 amide bonds. The summed E-state index contributed by atoms with van der Waals surface area (Å²) >= 11 is 0. The van der Waals surface area contributed by atoms with E-state index in [1.54, 1.807) is 6.07 Å². The van der Waals surface area contributed by atoms with Gasteiger partial charge in [0.15, 0.2) is 16.9 Å². The van der Waals surface area contributed by atoms with Gasteiger partial charge in [0, 0.05) is 29.8 Å². The maximum absolute atomic E-state index is 12.6. The van der Waals surface area contributed by atoms with Crippen LogP contribution in [0.3, 0.4) is 0 Å². The molecular weight excluding hydrogens is 242 g/mol. The molecule has 0 unspecified atom stereocenters. The number of rotatable bonds is 0. The summed E-state index contributed by atoms with van der Waals surface area (Å²) in [6, 6.07) is 3.69. The molecule has 0 spiro atoms. The molecule has 1 aromatic carbocycles. The zero-order valence-electron chi connectivity index (χ0n) is 10.6. The van der Waals surface area contributed by atoms with Crippen LogP contribution >= 0.6 is 0 Å². The minimum Gasteiger partial charge on any atom is -0.454 e. The summed E-state index contributed by atoms with van der Waals surface area (Å²) in [5, 5.41) is 0.709. The maximum Gasteiger partial charge on any atom is 0.231 e. The smallest absolute Gasteiger partial charge is 0.231 e. The largest absolute Gasteiger partial charge is 0.454 e. The van der Waals surface area contributed by atoms with Gasteiger partial charge in [0.2, 0.25) is 6.79 Å². The number of fused-ring (bicyclic) bond motifs is 3. The second kappa shape index (κ2) is 3.63. The lowest BCUT2D eigenvalue weighted by molar-refractivity contribution is 0.174. The van der Waals surface area contributed by atoms with Gasteiger partial charge in [0.25, 0.3) is 0 Å². The van der Waals surface area contributed by atoms with E-state index in [1.807, 2.05) is 19.2 Å². The Morgan fingerprint density at radius 2 is 2.00 bits per heavy atom. The second-order valence-electron chi connectivity index (χ2n) is 4.92. The van der Waals surface area contributed by atoms with E-state index in [9.17, 15) is 4.79 Å². The van der Waals surface area contributed by atoms with Crippen molar-refractivity contribution >= 4 is 17.0 Å². The van der Waals surface area contributed by atoms with Crippen LogP contribution in [-0.2, 0) is 13.5 Å². The van der Waals surface area contributed by atoms with Gasteiger partial charge in [0.1, 0.15) is 0 Å². The van der Waals surface area contributed by atoms with E-state index in [4.69, 9.17) is 9.47 Å². The van der Waals surface area contributed by atoms with Crippen LogP contribution < -0.4 is 14.9 Å². The fourth-order valence-corrected chi connectivity index (χ4v) is 2.88. The minimum atomic E-state index is 0.116. The van der Waals surface area contributed by atoms with Gasteiger partial charge in [0.05, 0.1) is 5.52 Å². The van der Waals surface area contributed by atoms with Gasteiger partial charge in [-0.05, 0) is 25.0 Å². The van der Waals surface area contributed by atoms with Crippen molar-refractivity contribution in [3.63, 3.8) is 0 Å². The van der Waals surface area contributed by atoms with Crippen LogP contribution in [-0.4, -0.2) is 11.4 Å². The molecule has 1 aromatic heterocycles. The van der Waals surface area contributed by atoms with Crippen molar-refractivity contribution in [1.29, 1.82) is 0 Å². The Bertz CT molecular complexity index is 786. The van der Waals surface area contributed by atoms with Crippen molar-refractivity contribution in [2.45, 2.75) is 12.8 Å². The average molecular weight is 255 g/mol. The highest BCUT2D eigenvalue weighted by Gasteiger charge is 2.20. The van der Waals surface area contributed by atoms with E-state index in [1.165, 1.54) is 0 Å². The average Bonchev–Trinajstić information content (AvgIpc) is 2.90. The van der Waals surface area contributed by atoms with Crippen LogP contribution in [0.1, 0.15) is 17.7 Å². The van der Waals surface area contributed by atoms with Gasteiger partial charge in [-0.2, -0.15) is 0 Å². The van der Waals surface area contributed by atoms with Crippen molar-refractivity contribution in [3.05, 3.63) is 39.7 Å². The third-order valence-corrected chi connectivity index (χ3v) is 3.88. The summed E-state index contributed by atoms with van der Waals surface area (Å²) in [6.45, 7) is 0.225. The van der Waals surface area contributed by atoms with E-state index in [-0.39, 0.29) is 12.2 Å². The monoisotopic (exact) mass is 255 g/mol. The number of aryl methyl sites for hydroxylation is 1. The Morgan fingerprint density at radius 1 is 1.21 bits per heavy atom. The fraction of sp³-hybridized carbons (Fsp3) is 0.267. The zero-order chi connectivity index (χ0) is 13.0. The van der Waals surface area contributed by atoms with Gasteiger partial charge in [-0.3, -0.25) is 4.79 Å². The number of hydrogen-bond acceptors (Lipinski definition) is 3. The summed E-state index contributed by atoms with van der Waals surface area (Å²) in [5.74, 6) is 1.37. The first kappa shape index (κ1) is 10.7. The molecule has 19 heavy (non-hydrogen) atoms. The topological polar surface area (TPSA) is 40.5 Å². The van der Waals surface area contributed by atoms with Crippen molar-refractivity contribution in [1.82, 2.24) is 4.57 Å². The van der Waals surface area contributed by atoms with Crippen LogP contribution in [0.2, 0.25) is 0 Å². The van der Waals surface area contributed by atoms with Crippen molar-refractivity contribution < 1.29 is 9.47 Å². The number of ether oxygens (including phenoxy) is 2. The normalized spacial score (nSPS) is 15.8. The highest BCUT2D eigenvalue weighted by molar-refractivity contribution is 5.85. The highest BCUT2D eigenvalue weighted by Crippen LogP contribution is 2.35. The summed E-state index contributed by atoms with van der Waals surface area (Å²) in [6.07, 6.45) is 5.88. The number of allylic oxidation sites excluding steroid dienone is 1. The molecule has 0 fully saturated rings. The molecule has 2 aromatic rings. The van der Waals surface area contributed by atoms with E-state index in [2.05, 4.69) is 10.6 Å². The predicted molar refractivity (Wildman–Crippen MR) is 72.7 cm³/mol. The molecule has 4 nitrogen and oxygen atoms in total. The zero-order valence-corrected chi connectivity index (χ0v) is 10.6. The number of benzene rings is 1. The number of hydrogen-bond donors (Lipinski definition) is 0. The van der Waals surface area contributed by atoms with Gasteiger partial charge in [-0.1, -0.05) is 6.08 Å². The Hall–Kier alpha value is -2.23. The molecule has 0 bridgehead atoms. The number of nitrogens with zero attached hydrogens (tertiary/aromatic N) is 1. The maximum atomic E-state index is 12.6. The Balaban J connectivity index is 2.17. The van der Waals surface area contributed by atoms with Gasteiger partial charge < -0.3 is 14.0 Å². The van der Waals surface area contributed by atoms with Crippen LogP contribution in [0.5, 0.6) is 11.5 Å². The third-order valence-electron chi connectivity index (χ3n) is 3.88.